The Balaban J connectivity index is 1.29. The van der Waals surface area contributed by atoms with E-state index in [-0.39, 0.29) is 0 Å². The molecule has 3 aromatic heterocycles. The molecule has 126 valence electrons. The Morgan fingerprint density at radius 1 is 1.16 bits per heavy atom. The minimum absolute atomic E-state index is 0.671. The Bertz CT molecular complexity index is 993. The molecular weight excluding hydrogens is 330 g/mol. The molecule has 1 aromatic carbocycles. The highest BCUT2D eigenvalue weighted by Gasteiger charge is 2.30. The van der Waals surface area contributed by atoms with Crippen LogP contribution in [0.3, 0.4) is 0 Å². The number of imidazole rings is 1. The molecule has 0 spiro atoms. The van der Waals surface area contributed by atoms with Crippen LogP contribution in [-0.4, -0.2) is 19.2 Å². The zero-order valence-electron chi connectivity index (χ0n) is 13.8. The van der Waals surface area contributed by atoms with Crippen LogP contribution in [-0.2, 0) is 13.1 Å². The molecule has 0 amide bonds. The van der Waals surface area contributed by atoms with Gasteiger partial charge in [0.05, 0.1) is 23.3 Å². The summed E-state index contributed by atoms with van der Waals surface area (Å²) >= 11 is 1.71. The van der Waals surface area contributed by atoms with E-state index < -0.39 is 0 Å². The lowest BCUT2D eigenvalue weighted by atomic mass is 10.2. The fourth-order valence-electron chi connectivity index (χ4n) is 3.21. The van der Waals surface area contributed by atoms with Gasteiger partial charge in [0.25, 0.3) is 0 Å². The van der Waals surface area contributed by atoms with Crippen molar-refractivity contribution in [3.05, 3.63) is 71.3 Å². The molecule has 0 aliphatic heterocycles. The summed E-state index contributed by atoms with van der Waals surface area (Å²) in [6, 6.07) is 10.2. The lowest BCUT2D eigenvalue weighted by molar-refractivity contribution is 0.669. The van der Waals surface area contributed by atoms with Crippen molar-refractivity contribution in [3.8, 4) is 5.69 Å². The Kier molecular flexibility index (Phi) is 3.64. The third-order valence-corrected chi connectivity index (χ3v) is 5.39. The molecule has 0 unspecified atom stereocenters. The van der Waals surface area contributed by atoms with Crippen molar-refractivity contribution in [2.45, 2.75) is 31.8 Å². The summed E-state index contributed by atoms with van der Waals surface area (Å²) in [4.78, 5) is 5.94. The second-order valence-electron chi connectivity index (χ2n) is 6.51. The van der Waals surface area contributed by atoms with Gasteiger partial charge in [-0.3, -0.25) is 4.40 Å². The predicted molar refractivity (Wildman–Crippen MR) is 99.2 cm³/mol. The Morgan fingerprint density at radius 3 is 2.88 bits per heavy atom. The molecule has 5 rings (SSSR count). The van der Waals surface area contributed by atoms with Crippen molar-refractivity contribution in [1.82, 2.24) is 24.5 Å². The first-order valence-corrected chi connectivity index (χ1v) is 9.50. The number of benzene rings is 1. The summed E-state index contributed by atoms with van der Waals surface area (Å²) < 4.78 is 4.15. The van der Waals surface area contributed by atoms with Crippen molar-refractivity contribution in [3.63, 3.8) is 0 Å². The van der Waals surface area contributed by atoms with Crippen LogP contribution >= 0.6 is 11.3 Å². The number of nitrogens with zero attached hydrogens (tertiary/aromatic N) is 4. The van der Waals surface area contributed by atoms with Crippen molar-refractivity contribution >= 4 is 16.3 Å². The minimum Gasteiger partial charge on any atom is -0.307 e. The monoisotopic (exact) mass is 349 g/mol. The summed E-state index contributed by atoms with van der Waals surface area (Å²) in [5.74, 6) is 0.671. The van der Waals surface area contributed by atoms with E-state index >= 15 is 0 Å². The van der Waals surface area contributed by atoms with Gasteiger partial charge in [0, 0.05) is 42.3 Å². The van der Waals surface area contributed by atoms with Crippen LogP contribution in [0, 0.1) is 0 Å². The molecule has 0 radical (unpaired) electrons. The van der Waals surface area contributed by atoms with Gasteiger partial charge in [-0.25, -0.2) is 9.67 Å². The zero-order chi connectivity index (χ0) is 16.6. The molecule has 6 heteroatoms. The highest BCUT2D eigenvalue weighted by molar-refractivity contribution is 7.15. The normalized spacial score (nSPS) is 14.4. The summed E-state index contributed by atoms with van der Waals surface area (Å²) in [5, 5.41) is 10.1. The number of aromatic nitrogens is 4. The highest BCUT2D eigenvalue weighted by Crippen LogP contribution is 2.41. The predicted octanol–water partition coefficient (Wildman–Crippen LogP) is 3.75. The number of hydrogen-bond donors (Lipinski definition) is 1. The third-order valence-electron chi connectivity index (χ3n) is 4.63. The van der Waals surface area contributed by atoms with E-state index in [1.165, 1.54) is 29.8 Å². The molecule has 1 fully saturated rings. The van der Waals surface area contributed by atoms with Crippen molar-refractivity contribution < 1.29 is 0 Å². The lowest BCUT2D eigenvalue weighted by Gasteiger charge is -2.05. The molecule has 1 N–H and O–H groups in total. The Hall–Kier alpha value is -2.44. The summed E-state index contributed by atoms with van der Waals surface area (Å²) in [5.41, 5.74) is 4.87. The van der Waals surface area contributed by atoms with Gasteiger partial charge in [0.15, 0.2) is 4.96 Å². The largest absolute Gasteiger partial charge is 0.307 e. The van der Waals surface area contributed by atoms with Crippen LogP contribution in [0.4, 0.5) is 0 Å². The van der Waals surface area contributed by atoms with Crippen LogP contribution in [0.1, 0.15) is 35.7 Å². The number of nitrogens with one attached hydrogen (secondary N) is 1. The molecule has 0 atom stereocenters. The number of para-hydroxylation sites is 1. The number of thiazole rings is 1. The fourth-order valence-corrected chi connectivity index (χ4v) is 3.95. The van der Waals surface area contributed by atoms with Crippen LogP contribution < -0.4 is 5.32 Å². The van der Waals surface area contributed by atoms with Crippen LogP contribution in [0.15, 0.2) is 54.3 Å². The van der Waals surface area contributed by atoms with Gasteiger partial charge in [-0.15, -0.1) is 11.3 Å². The minimum atomic E-state index is 0.671. The van der Waals surface area contributed by atoms with Gasteiger partial charge in [0.1, 0.15) is 0 Å². The maximum atomic E-state index is 4.83. The molecule has 25 heavy (non-hydrogen) atoms. The fraction of sp³-hybridized carbons (Fsp3) is 0.263. The molecule has 3 heterocycles. The lowest BCUT2D eigenvalue weighted by Crippen LogP contribution is -2.14. The second kappa shape index (κ2) is 6.13. The van der Waals surface area contributed by atoms with Crippen LogP contribution in [0.2, 0.25) is 0 Å². The zero-order valence-corrected chi connectivity index (χ0v) is 14.6. The van der Waals surface area contributed by atoms with E-state index in [9.17, 15) is 0 Å². The van der Waals surface area contributed by atoms with Crippen molar-refractivity contribution in [2.24, 2.45) is 0 Å². The van der Waals surface area contributed by atoms with E-state index in [2.05, 4.69) is 44.7 Å². The molecule has 0 bridgehead atoms. The Morgan fingerprint density at radius 2 is 2.04 bits per heavy atom. The molecular formula is C19H19N5S. The van der Waals surface area contributed by atoms with Gasteiger partial charge in [-0.1, -0.05) is 18.2 Å². The SMILES string of the molecule is c1ccc(-n2cc(CNCc3c(C4CC4)nc4sccn34)cn2)cc1. The average molecular weight is 349 g/mol. The third kappa shape index (κ3) is 2.88. The van der Waals surface area contributed by atoms with Gasteiger partial charge in [-0.05, 0) is 25.0 Å². The first-order valence-electron chi connectivity index (χ1n) is 8.62. The first-order chi connectivity index (χ1) is 12.4. The van der Waals surface area contributed by atoms with E-state index in [1.54, 1.807) is 11.3 Å². The maximum absolute atomic E-state index is 4.83. The molecule has 1 saturated carbocycles. The van der Waals surface area contributed by atoms with E-state index in [0.29, 0.717) is 5.92 Å². The number of rotatable bonds is 6. The smallest absolute Gasteiger partial charge is 0.194 e. The van der Waals surface area contributed by atoms with Gasteiger partial charge in [0.2, 0.25) is 0 Å². The van der Waals surface area contributed by atoms with Crippen LogP contribution in [0.5, 0.6) is 0 Å². The molecule has 1 aliphatic carbocycles. The summed E-state index contributed by atoms with van der Waals surface area (Å²) in [6.45, 7) is 1.63. The molecule has 1 aliphatic rings. The van der Waals surface area contributed by atoms with Gasteiger partial charge >= 0.3 is 0 Å². The first kappa shape index (κ1) is 14.9. The van der Waals surface area contributed by atoms with E-state index in [4.69, 9.17) is 4.98 Å². The number of hydrogen-bond acceptors (Lipinski definition) is 4. The summed E-state index contributed by atoms with van der Waals surface area (Å²) in [7, 11) is 0. The topological polar surface area (TPSA) is 47.2 Å². The van der Waals surface area contributed by atoms with E-state index in [0.717, 1.165) is 23.7 Å². The molecule has 0 saturated heterocycles. The van der Waals surface area contributed by atoms with Crippen molar-refractivity contribution in [2.75, 3.05) is 0 Å². The highest BCUT2D eigenvalue weighted by atomic mass is 32.1. The summed E-state index contributed by atoms with van der Waals surface area (Å²) in [6.07, 6.45) is 8.70. The molecule has 5 nitrogen and oxygen atoms in total. The van der Waals surface area contributed by atoms with E-state index in [1.807, 2.05) is 29.1 Å². The van der Waals surface area contributed by atoms with Gasteiger partial charge in [-0.2, -0.15) is 5.10 Å². The average Bonchev–Trinajstić information content (AvgIpc) is 3.06. The van der Waals surface area contributed by atoms with Crippen molar-refractivity contribution in [1.29, 1.82) is 0 Å². The van der Waals surface area contributed by atoms with Crippen LogP contribution in [0.25, 0.3) is 10.6 Å². The number of fused-ring (bicyclic) bond motifs is 1. The molecule has 4 aromatic rings. The quantitative estimate of drug-likeness (QED) is 0.577. The maximum Gasteiger partial charge on any atom is 0.194 e. The standard InChI is InChI=1S/C19H19N5S/c1-2-4-16(5-3-1)24-13-14(11-21-24)10-20-12-17-18(15-6-7-15)22-19-23(17)8-9-25-19/h1-5,8-9,11,13,15,20H,6-7,10,12H2. The Labute approximate surface area is 149 Å². The second-order valence-corrected chi connectivity index (χ2v) is 7.38. The van der Waals surface area contributed by atoms with Gasteiger partial charge < -0.3 is 5.32 Å².